The Balaban J connectivity index is 1.55. The molecular formula is C32H30ClNO3. The van der Waals surface area contributed by atoms with Crippen LogP contribution in [0.2, 0.25) is 5.02 Å². The zero-order valence-corrected chi connectivity index (χ0v) is 21.6. The molecule has 4 rings (SSSR count). The summed E-state index contributed by atoms with van der Waals surface area (Å²) in [5.41, 5.74) is 6.25. The molecule has 0 aliphatic rings. The molecule has 4 aromatic rings. The lowest BCUT2D eigenvalue weighted by atomic mass is 9.97. The van der Waals surface area contributed by atoms with Gasteiger partial charge in [0.1, 0.15) is 0 Å². The Morgan fingerprint density at radius 3 is 2.24 bits per heavy atom. The Morgan fingerprint density at radius 1 is 0.811 bits per heavy atom. The fraction of sp³-hybridized carbons (Fsp3) is 0.188. The van der Waals surface area contributed by atoms with E-state index in [1.807, 2.05) is 90.7 Å². The van der Waals surface area contributed by atoms with Gasteiger partial charge in [0.25, 0.3) is 5.91 Å². The fourth-order valence-electron chi connectivity index (χ4n) is 4.48. The van der Waals surface area contributed by atoms with Crippen molar-refractivity contribution in [3.8, 4) is 11.1 Å². The normalized spacial score (nSPS) is 10.8. The molecule has 0 aliphatic heterocycles. The van der Waals surface area contributed by atoms with Gasteiger partial charge >= 0.3 is 5.97 Å². The second kappa shape index (κ2) is 12.4. The van der Waals surface area contributed by atoms with Gasteiger partial charge in [0, 0.05) is 13.1 Å². The molecule has 5 heteroatoms. The van der Waals surface area contributed by atoms with Crippen molar-refractivity contribution >= 4 is 23.5 Å². The molecule has 0 spiro atoms. The van der Waals surface area contributed by atoms with Crippen molar-refractivity contribution in [2.24, 2.45) is 0 Å². The van der Waals surface area contributed by atoms with E-state index in [9.17, 15) is 14.7 Å². The van der Waals surface area contributed by atoms with Crippen LogP contribution in [0.5, 0.6) is 0 Å². The monoisotopic (exact) mass is 511 g/mol. The van der Waals surface area contributed by atoms with Gasteiger partial charge in [-0.2, -0.15) is 0 Å². The third-order valence-electron chi connectivity index (χ3n) is 6.44. The molecule has 0 fully saturated rings. The highest BCUT2D eigenvalue weighted by atomic mass is 35.5. The molecule has 0 atom stereocenters. The molecule has 0 radical (unpaired) electrons. The van der Waals surface area contributed by atoms with Gasteiger partial charge < -0.3 is 10.0 Å². The third-order valence-corrected chi connectivity index (χ3v) is 6.94. The second-order valence-corrected chi connectivity index (χ2v) is 9.55. The molecule has 188 valence electrons. The van der Waals surface area contributed by atoms with E-state index in [4.69, 9.17) is 11.6 Å². The van der Waals surface area contributed by atoms with E-state index >= 15 is 0 Å². The highest BCUT2D eigenvalue weighted by Crippen LogP contribution is 2.26. The van der Waals surface area contributed by atoms with E-state index in [1.165, 1.54) is 5.56 Å². The van der Waals surface area contributed by atoms with E-state index < -0.39 is 5.97 Å². The van der Waals surface area contributed by atoms with E-state index in [1.54, 1.807) is 6.07 Å². The quantitative estimate of drug-likeness (QED) is 0.244. The lowest BCUT2D eigenvalue weighted by Gasteiger charge is -2.24. The van der Waals surface area contributed by atoms with Crippen LogP contribution in [-0.4, -0.2) is 28.4 Å². The molecule has 0 aromatic heterocycles. The van der Waals surface area contributed by atoms with Gasteiger partial charge in [-0.1, -0.05) is 103 Å². The van der Waals surface area contributed by atoms with Gasteiger partial charge in [0.05, 0.1) is 17.0 Å². The van der Waals surface area contributed by atoms with Crippen molar-refractivity contribution in [1.82, 2.24) is 4.90 Å². The Labute approximate surface area is 223 Å². The van der Waals surface area contributed by atoms with Gasteiger partial charge in [-0.05, 0) is 59.2 Å². The van der Waals surface area contributed by atoms with Gasteiger partial charge in [-0.25, -0.2) is 0 Å². The first-order valence-electron chi connectivity index (χ1n) is 12.4. The van der Waals surface area contributed by atoms with E-state index in [2.05, 4.69) is 12.1 Å². The van der Waals surface area contributed by atoms with Crippen LogP contribution in [0.25, 0.3) is 11.1 Å². The number of benzene rings is 4. The standard InChI is InChI=1S/C32H30ClNO3/c1-23-9-7-15-29(31(23)33)32(37)34(20-8-12-24-10-3-2-4-11-24)22-25-16-18-26(19-17-25)28-14-6-5-13-27(28)21-30(35)36/h2-7,9-11,13-19H,8,12,20-22H2,1H3,(H,35,36). The smallest absolute Gasteiger partial charge is 0.307 e. The Kier molecular flexibility index (Phi) is 8.76. The average Bonchev–Trinajstić information content (AvgIpc) is 2.90. The SMILES string of the molecule is Cc1cccc(C(=O)N(CCCc2ccccc2)Cc2ccc(-c3ccccc3CC(=O)O)cc2)c1Cl. The molecule has 4 aromatic carbocycles. The number of carbonyl (C=O) groups is 2. The number of hydrogen-bond acceptors (Lipinski definition) is 2. The number of carbonyl (C=O) groups excluding carboxylic acids is 1. The molecule has 0 bridgehead atoms. The minimum Gasteiger partial charge on any atom is -0.481 e. The number of carboxylic acid groups (broad SMARTS) is 1. The number of aliphatic carboxylic acids is 1. The summed E-state index contributed by atoms with van der Waals surface area (Å²) in [4.78, 5) is 26.7. The van der Waals surface area contributed by atoms with Crippen LogP contribution in [0.4, 0.5) is 0 Å². The molecular weight excluding hydrogens is 482 g/mol. The Bertz CT molecular complexity index is 1370. The topological polar surface area (TPSA) is 57.6 Å². The van der Waals surface area contributed by atoms with Crippen LogP contribution in [0, 0.1) is 6.92 Å². The maximum absolute atomic E-state index is 13.6. The van der Waals surface area contributed by atoms with Crippen molar-refractivity contribution in [1.29, 1.82) is 0 Å². The summed E-state index contributed by atoms with van der Waals surface area (Å²) in [6.45, 7) is 2.95. The van der Waals surface area contributed by atoms with Gasteiger partial charge in [0.2, 0.25) is 0 Å². The highest BCUT2D eigenvalue weighted by molar-refractivity contribution is 6.34. The van der Waals surface area contributed by atoms with Crippen LogP contribution >= 0.6 is 11.6 Å². The van der Waals surface area contributed by atoms with Crippen molar-refractivity contribution in [2.75, 3.05) is 6.54 Å². The lowest BCUT2D eigenvalue weighted by Crippen LogP contribution is -2.32. The van der Waals surface area contributed by atoms with Crippen molar-refractivity contribution in [3.05, 3.63) is 130 Å². The summed E-state index contributed by atoms with van der Waals surface area (Å²) < 4.78 is 0. The number of carboxylic acids is 1. The number of nitrogens with zero attached hydrogens (tertiary/aromatic N) is 1. The summed E-state index contributed by atoms with van der Waals surface area (Å²) in [5.74, 6) is -0.943. The summed E-state index contributed by atoms with van der Waals surface area (Å²) in [6, 6.07) is 31.3. The summed E-state index contributed by atoms with van der Waals surface area (Å²) in [6.07, 6.45) is 1.68. The fourth-order valence-corrected chi connectivity index (χ4v) is 4.69. The summed E-state index contributed by atoms with van der Waals surface area (Å²) >= 11 is 6.52. The van der Waals surface area contributed by atoms with E-state index in [-0.39, 0.29) is 12.3 Å². The minimum atomic E-state index is -0.858. The molecule has 0 saturated carbocycles. The number of rotatable bonds is 10. The minimum absolute atomic E-state index is 0.0289. The second-order valence-electron chi connectivity index (χ2n) is 9.18. The van der Waals surface area contributed by atoms with Crippen LogP contribution in [0.15, 0.2) is 97.1 Å². The maximum Gasteiger partial charge on any atom is 0.307 e. The number of amides is 1. The molecule has 4 nitrogen and oxygen atoms in total. The molecule has 0 aliphatic carbocycles. The van der Waals surface area contributed by atoms with Gasteiger partial charge in [-0.15, -0.1) is 0 Å². The number of hydrogen-bond donors (Lipinski definition) is 1. The average molecular weight is 512 g/mol. The number of aryl methyl sites for hydroxylation is 2. The Hall–Kier alpha value is -3.89. The van der Waals surface area contributed by atoms with Crippen LogP contribution in [-0.2, 0) is 24.2 Å². The summed E-state index contributed by atoms with van der Waals surface area (Å²) in [7, 11) is 0. The molecule has 0 unspecified atom stereocenters. The molecule has 0 saturated heterocycles. The predicted octanol–water partition coefficient (Wildman–Crippen LogP) is 7.22. The van der Waals surface area contributed by atoms with Gasteiger partial charge in [-0.3, -0.25) is 9.59 Å². The van der Waals surface area contributed by atoms with Crippen molar-refractivity contribution in [2.45, 2.75) is 32.7 Å². The Morgan fingerprint density at radius 2 is 1.51 bits per heavy atom. The van der Waals surface area contributed by atoms with E-state index in [0.29, 0.717) is 23.7 Å². The first kappa shape index (κ1) is 26.2. The number of halogens is 1. The van der Waals surface area contributed by atoms with Crippen molar-refractivity contribution in [3.63, 3.8) is 0 Å². The zero-order chi connectivity index (χ0) is 26.2. The third kappa shape index (κ3) is 6.87. The van der Waals surface area contributed by atoms with E-state index in [0.717, 1.165) is 40.7 Å². The highest BCUT2D eigenvalue weighted by Gasteiger charge is 2.20. The van der Waals surface area contributed by atoms with Gasteiger partial charge in [0.15, 0.2) is 0 Å². The predicted molar refractivity (Wildman–Crippen MR) is 149 cm³/mol. The molecule has 1 N–H and O–H groups in total. The molecule has 0 heterocycles. The largest absolute Gasteiger partial charge is 0.481 e. The molecule has 37 heavy (non-hydrogen) atoms. The first-order chi connectivity index (χ1) is 17.9. The van der Waals surface area contributed by atoms with Crippen LogP contribution < -0.4 is 0 Å². The zero-order valence-electron chi connectivity index (χ0n) is 20.9. The lowest BCUT2D eigenvalue weighted by molar-refractivity contribution is -0.136. The van der Waals surface area contributed by atoms with Crippen LogP contribution in [0.1, 0.15) is 39.0 Å². The molecule has 1 amide bonds. The van der Waals surface area contributed by atoms with Crippen LogP contribution in [0.3, 0.4) is 0 Å². The maximum atomic E-state index is 13.6. The summed E-state index contributed by atoms with van der Waals surface area (Å²) in [5, 5.41) is 9.75. The van der Waals surface area contributed by atoms with Crippen molar-refractivity contribution < 1.29 is 14.7 Å². The first-order valence-corrected chi connectivity index (χ1v) is 12.8.